The van der Waals surface area contributed by atoms with Gasteiger partial charge in [0.15, 0.2) is 0 Å². The first kappa shape index (κ1) is 15.1. The standard InChI is InChI=1S/C19H30O3/c1-18-7-5-11(20)9-15(18)16(21)10-12-13-3-4-17(22)19(13,2)8-6-14(12)18/h12-17,21-22H,3-10H2,1-2H3/t12-,13-,14-,15+,16+,17-,18+,19-/m0/s1. The van der Waals surface area contributed by atoms with Crippen molar-refractivity contribution in [3.05, 3.63) is 0 Å². The number of carbonyl (C=O) groups is 1. The van der Waals surface area contributed by atoms with Gasteiger partial charge in [-0.15, -0.1) is 0 Å². The lowest BCUT2D eigenvalue weighted by Crippen LogP contribution is -2.58. The van der Waals surface area contributed by atoms with Crippen molar-refractivity contribution in [3.63, 3.8) is 0 Å². The third-order valence-electron chi connectivity index (χ3n) is 8.45. The summed E-state index contributed by atoms with van der Waals surface area (Å²) in [5, 5.41) is 21.2. The molecule has 8 atom stereocenters. The van der Waals surface area contributed by atoms with Crippen LogP contribution in [-0.2, 0) is 4.79 Å². The Morgan fingerprint density at radius 2 is 1.68 bits per heavy atom. The second-order valence-electron chi connectivity index (χ2n) is 9.17. The van der Waals surface area contributed by atoms with Crippen LogP contribution in [0.25, 0.3) is 0 Å². The molecule has 4 fully saturated rings. The van der Waals surface area contributed by atoms with Crippen LogP contribution < -0.4 is 0 Å². The number of fused-ring (bicyclic) bond motifs is 5. The molecule has 0 amide bonds. The van der Waals surface area contributed by atoms with Crippen molar-refractivity contribution in [3.8, 4) is 0 Å². The molecule has 4 aliphatic rings. The highest BCUT2D eigenvalue weighted by Crippen LogP contribution is 2.65. The molecule has 0 aromatic heterocycles. The zero-order chi connectivity index (χ0) is 15.7. The Bertz CT molecular complexity index is 489. The Morgan fingerprint density at radius 3 is 2.45 bits per heavy atom. The van der Waals surface area contributed by atoms with Crippen LogP contribution in [0.2, 0.25) is 0 Å². The molecule has 4 rings (SSSR count). The lowest BCUT2D eigenvalue weighted by Gasteiger charge is -2.61. The van der Waals surface area contributed by atoms with Gasteiger partial charge in [-0.3, -0.25) is 4.79 Å². The summed E-state index contributed by atoms with van der Waals surface area (Å²) < 4.78 is 0. The van der Waals surface area contributed by atoms with E-state index in [1.54, 1.807) is 0 Å². The molecule has 0 unspecified atom stereocenters. The second kappa shape index (κ2) is 4.80. The molecule has 2 N–H and O–H groups in total. The number of hydrogen-bond acceptors (Lipinski definition) is 3. The van der Waals surface area contributed by atoms with Crippen LogP contribution >= 0.6 is 0 Å². The molecular weight excluding hydrogens is 276 g/mol. The van der Waals surface area contributed by atoms with Gasteiger partial charge in [0, 0.05) is 12.8 Å². The molecule has 124 valence electrons. The number of aliphatic hydroxyl groups is 2. The number of Topliss-reactive ketones (excluding diaryl/α,β-unsaturated/α-hetero) is 1. The zero-order valence-corrected chi connectivity index (χ0v) is 13.9. The zero-order valence-electron chi connectivity index (χ0n) is 13.9. The van der Waals surface area contributed by atoms with E-state index >= 15 is 0 Å². The lowest BCUT2D eigenvalue weighted by molar-refractivity contribution is -0.168. The van der Waals surface area contributed by atoms with Crippen LogP contribution in [0.15, 0.2) is 0 Å². The van der Waals surface area contributed by atoms with Crippen LogP contribution in [0.1, 0.15) is 65.2 Å². The Labute approximate surface area is 133 Å². The van der Waals surface area contributed by atoms with Crippen LogP contribution in [0.5, 0.6) is 0 Å². The number of aliphatic hydroxyl groups excluding tert-OH is 2. The molecule has 0 saturated heterocycles. The topological polar surface area (TPSA) is 57.5 Å². The maximum Gasteiger partial charge on any atom is 0.133 e. The van der Waals surface area contributed by atoms with E-state index in [1.807, 2.05) is 0 Å². The fourth-order valence-corrected chi connectivity index (χ4v) is 7.06. The van der Waals surface area contributed by atoms with Gasteiger partial charge in [-0.2, -0.15) is 0 Å². The predicted octanol–water partition coefficient (Wildman–Crippen LogP) is 2.93. The van der Waals surface area contributed by atoms with Crippen LogP contribution in [-0.4, -0.2) is 28.2 Å². The summed E-state index contributed by atoms with van der Waals surface area (Å²) in [6.07, 6.45) is 6.95. The van der Waals surface area contributed by atoms with Gasteiger partial charge in [-0.05, 0) is 73.0 Å². The fraction of sp³-hybridized carbons (Fsp3) is 0.947. The maximum atomic E-state index is 11.9. The minimum Gasteiger partial charge on any atom is -0.393 e. The summed E-state index contributed by atoms with van der Waals surface area (Å²) in [4.78, 5) is 11.9. The summed E-state index contributed by atoms with van der Waals surface area (Å²) in [6.45, 7) is 4.62. The van der Waals surface area contributed by atoms with E-state index in [9.17, 15) is 15.0 Å². The van der Waals surface area contributed by atoms with Crippen molar-refractivity contribution in [2.24, 2.45) is 34.5 Å². The first-order chi connectivity index (χ1) is 10.4. The molecular formula is C19H30O3. The molecule has 0 aromatic rings. The van der Waals surface area contributed by atoms with E-state index in [0.29, 0.717) is 36.4 Å². The largest absolute Gasteiger partial charge is 0.393 e. The van der Waals surface area contributed by atoms with Crippen molar-refractivity contribution in [1.82, 2.24) is 0 Å². The van der Waals surface area contributed by atoms with Crippen molar-refractivity contribution in [1.29, 1.82) is 0 Å². The first-order valence-electron chi connectivity index (χ1n) is 9.24. The third kappa shape index (κ3) is 1.84. The number of ketones is 1. The Hall–Kier alpha value is -0.410. The van der Waals surface area contributed by atoms with E-state index in [1.165, 1.54) is 6.42 Å². The van der Waals surface area contributed by atoms with E-state index < -0.39 is 0 Å². The molecule has 0 heterocycles. The van der Waals surface area contributed by atoms with Gasteiger partial charge in [-0.1, -0.05) is 13.8 Å². The van der Waals surface area contributed by atoms with Crippen LogP contribution in [0.4, 0.5) is 0 Å². The average molecular weight is 306 g/mol. The smallest absolute Gasteiger partial charge is 0.133 e. The summed E-state index contributed by atoms with van der Waals surface area (Å²) in [5.41, 5.74) is 0.194. The summed E-state index contributed by atoms with van der Waals surface area (Å²) in [7, 11) is 0. The highest BCUT2D eigenvalue weighted by atomic mass is 16.3. The highest BCUT2D eigenvalue weighted by molar-refractivity contribution is 5.79. The second-order valence-corrected chi connectivity index (χ2v) is 9.17. The molecule has 4 aliphatic carbocycles. The monoisotopic (exact) mass is 306 g/mol. The minimum atomic E-state index is -0.324. The molecule has 0 radical (unpaired) electrons. The molecule has 4 saturated carbocycles. The Kier molecular flexibility index (Phi) is 3.30. The molecule has 3 nitrogen and oxygen atoms in total. The van der Waals surface area contributed by atoms with Gasteiger partial charge in [0.25, 0.3) is 0 Å². The molecule has 0 aliphatic heterocycles. The predicted molar refractivity (Wildman–Crippen MR) is 84.1 cm³/mol. The summed E-state index contributed by atoms with van der Waals surface area (Å²) >= 11 is 0. The van der Waals surface area contributed by atoms with Crippen molar-refractivity contribution >= 4 is 5.78 Å². The first-order valence-corrected chi connectivity index (χ1v) is 9.24. The van der Waals surface area contributed by atoms with E-state index in [4.69, 9.17) is 0 Å². The van der Waals surface area contributed by atoms with Gasteiger partial charge in [-0.25, -0.2) is 0 Å². The van der Waals surface area contributed by atoms with E-state index in [-0.39, 0.29) is 29.0 Å². The lowest BCUT2D eigenvalue weighted by atomic mass is 9.44. The minimum absolute atomic E-state index is 0.0641. The quantitative estimate of drug-likeness (QED) is 0.723. The molecule has 0 bridgehead atoms. The highest BCUT2D eigenvalue weighted by Gasteiger charge is 2.61. The normalized spacial score (nSPS) is 57.9. The molecule has 3 heteroatoms. The number of hydrogen-bond donors (Lipinski definition) is 2. The van der Waals surface area contributed by atoms with E-state index in [2.05, 4.69) is 13.8 Å². The summed E-state index contributed by atoms with van der Waals surface area (Å²) in [5.74, 6) is 2.26. The van der Waals surface area contributed by atoms with Crippen molar-refractivity contribution < 1.29 is 15.0 Å². The van der Waals surface area contributed by atoms with Gasteiger partial charge in [0.1, 0.15) is 5.78 Å². The Morgan fingerprint density at radius 1 is 0.955 bits per heavy atom. The third-order valence-corrected chi connectivity index (χ3v) is 8.45. The van der Waals surface area contributed by atoms with Crippen molar-refractivity contribution in [2.45, 2.75) is 77.4 Å². The van der Waals surface area contributed by atoms with E-state index in [0.717, 1.165) is 32.1 Å². The van der Waals surface area contributed by atoms with Gasteiger partial charge >= 0.3 is 0 Å². The average Bonchev–Trinajstić information content (AvgIpc) is 2.77. The number of rotatable bonds is 0. The SMILES string of the molecule is C[C@]12CCC(=O)C[C@@H]1[C@H](O)C[C@@H]1[C@@H]2CC[C@]2(C)[C@@H](O)CC[C@@H]12. The number of carbonyl (C=O) groups excluding carboxylic acids is 1. The van der Waals surface area contributed by atoms with Gasteiger partial charge < -0.3 is 10.2 Å². The van der Waals surface area contributed by atoms with Crippen LogP contribution in [0, 0.1) is 34.5 Å². The van der Waals surface area contributed by atoms with Crippen LogP contribution in [0.3, 0.4) is 0 Å². The van der Waals surface area contributed by atoms with Gasteiger partial charge in [0.05, 0.1) is 12.2 Å². The Balaban J connectivity index is 1.68. The molecule has 22 heavy (non-hydrogen) atoms. The molecule has 0 spiro atoms. The maximum absolute atomic E-state index is 11.9. The van der Waals surface area contributed by atoms with Gasteiger partial charge in [0.2, 0.25) is 0 Å². The summed E-state index contributed by atoms with van der Waals surface area (Å²) in [6, 6.07) is 0. The van der Waals surface area contributed by atoms with Crippen molar-refractivity contribution in [2.75, 3.05) is 0 Å². The molecule has 0 aromatic carbocycles. The fourth-order valence-electron chi connectivity index (χ4n) is 7.06.